The maximum atomic E-state index is 14.1. The van der Waals surface area contributed by atoms with Gasteiger partial charge in [0.2, 0.25) is 11.8 Å². The number of rotatable bonds is 13. The molecule has 49 heavy (non-hydrogen) atoms. The molecule has 0 unspecified atom stereocenters. The van der Waals surface area contributed by atoms with Gasteiger partial charge in [-0.1, -0.05) is 29.4 Å². The SMILES string of the molecule is COC(=O)C[C@H]1C(=O)N(CC(=O)O)CCN1C(=O)[C@H](Cc1ccc(OC)cc1)NC(=O)c1ccc(/C(N)=N/O/C(N)=N/OC(=O)SC)cc1. The second kappa shape index (κ2) is 17.9. The lowest BCUT2D eigenvalue weighted by atomic mass is 10.0. The molecule has 2 aromatic carbocycles. The zero-order valence-electron chi connectivity index (χ0n) is 26.7. The van der Waals surface area contributed by atoms with Gasteiger partial charge in [0.15, 0.2) is 5.84 Å². The standard InChI is InChI=1S/C30H35N7O11S/c1-45-20-10-4-17(5-11-20)14-21(27(42)37-13-12-36(16-23(38)39)28(43)22(37)15-24(40)46-2)33-26(41)19-8-6-18(7-9-19)25(31)34-47-29(32)35-48-30(44)49-3/h4-11,21-22H,12-16H2,1-3H3,(H2,31,34)(H2,32,35)(H,33,41)(H,38,39)/t21-,22-/m0/s1. The number of hydrogen-bond donors (Lipinski definition) is 4. The van der Waals surface area contributed by atoms with Gasteiger partial charge in [-0.15, -0.1) is 0 Å². The van der Waals surface area contributed by atoms with Crippen LogP contribution in [0.4, 0.5) is 4.79 Å². The molecular formula is C30H35N7O11S. The van der Waals surface area contributed by atoms with E-state index in [0.717, 1.165) is 28.7 Å². The number of thioether (sulfide) groups is 1. The van der Waals surface area contributed by atoms with Crippen molar-refractivity contribution in [2.24, 2.45) is 21.8 Å². The molecule has 19 heteroatoms. The fraction of sp³-hybridized carbons (Fsp3) is 0.333. The number of piperazine rings is 1. The second-order valence-corrected chi connectivity index (χ2v) is 10.9. The molecule has 6 N–H and O–H groups in total. The second-order valence-electron chi connectivity index (χ2n) is 10.2. The van der Waals surface area contributed by atoms with Crippen LogP contribution in [0.2, 0.25) is 0 Å². The number of benzene rings is 2. The summed E-state index contributed by atoms with van der Waals surface area (Å²) >= 11 is 0.762. The molecule has 18 nitrogen and oxygen atoms in total. The summed E-state index contributed by atoms with van der Waals surface area (Å²) in [7, 11) is 2.62. The highest BCUT2D eigenvalue weighted by Gasteiger charge is 2.42. The summed E-state index contributed by atoms with van der Waals surface area (Å²) < 4.78 is 9.92. The smallest absolute Gasteiger partial charge is 0.393 e. The first-order chi connectivity index (χ1) is 23.4. The van der Waals surface area contributed by atoms with E-state index in [4.69, 9.17) is 25.8 Å². The Hall–Kier alpha value is -5.85. The van der Waals surface area contributed by atoms with E-state index in [0.29, 0.717) is 16.9 Å². The molecule has 0 saturated carbocycles. The topological polar surface area (TPSA) is 255 Å². The van der Waals surface area contributed by atoms with E-state index in [-0.39, 0.29) is 30.9 Å². The minimum atomic E-state index is -1.36. The number of carbonyl (C=O) groups is 6. The molecule has 1 aliphatic rings. The van der Waals surface area contributed by atoms with Gasteiger partial charge in [0.1, 0.15) is 24.4 Å². The summed E-state index contributed by atoms with van der Waals surface area (Å²) in [6.45, 7) is -0.818. The molecule has 3 amide bonds. The summed E-state index contributed by atoms with van der Waals surface area (Å²) in [5.41, 5.74) is 12.5. The van der Waals surface area contributed by atoms with E-state index in [9.17, 15) is 33.9 Å². The number of nitrogens with two attached hydrogens (primary N) is 2. The van der Waals surface area contributed by atoms with Crippen LogP contribution >= 0.6 is 11.8 Å². The summed E-state index contributed by atoms with van der Waals surface area (Å²) in [6, 6.07) is 9.32. The highest BCUT2D eigenvalue weighted by molar-refractivity contribution is 8.12. The summed E-state index contributed by atoms with van der Waals surface area (Å²) in [4.78, 5) is 86.9. The van der Waals surface area contributed by atoms with Gasteiger partial charge in [0.25, 0.3) is 5.91 Å². The van der Waals surface area contributed by atoms with E-state index in [1.807, 2.05) is 0 Å². The van der Waals surface area contributed by atoms with Crippen LogP contribution in [0.3, 0.4) is 0 Å². The number of amidine groups is 2. The van der Waals surface area contributed by atoms with Crippen LogP contribution in [0.15, 0.2) is 58.8 Å². The normalized spacial score (nSPS) is 15.6. The average molecular weight is 702 g/mol. The molecule has 1 fully saturated rings. The predicted molar refractivity (Wildman–Crippen MR) is 174 cm³/mol. The largest absolute Gasteiger partial charge is 0.497 e. The van der Waals surface area contributed by atoms with Gasteiger partial charge in [0, 0.05) is 30.6 Å². The number of amides is 3. The number of hydrogen-bond acceptors (Lipinski definition) is 13. The molecule has 3 rings (SSSR count). The highest BCUT2D eigenvalue weighted by Crippen LogP contribution is 2.20. The zero-order chi connectivity index (χ0) is 36.1. The Labute approximate surface area is 284 Å². The molecule has 0 aliphatic carbocycles. The van der Waals surface area contributed by atoms with Crippen LogP contribution in [0.5, 0.6) is 5.75 Å². The van der Waals surface area contributed by atoms with Crippen LogP contribution in [-0.4, -0.2) is 114 Å². The highest BCUT2D eigenvalue weighted by atomic mass is 32.2. The van der Waals surface area contributed by atoms with Crippen molar-refractivity contribution in [3.63, 3.8) is 0 Å². The first-order valence-corrected chi connectivity index (χ1v) is 15.6. The van der Waals surface area contributed by atoms with Gasteiger partial charge in [-0.2, -0.15) is 0 Å². The molecule has 1 heterocycles. The van der Waals surface area contributed by atoms with Crippen molar-refractivity contribution in [2.75, 3.05) is 40.1 Å². The van der Waals surface area contributed by atoms with Crippen molar-refractivity contribution < 1.29 is 53.0 Å². The van der Waals surface area contributed by atoms with E-state index in [1.54, 1.807) is 24.3 Å². The van der Waals surface area contributed by atoms with Crippen molar-refractivity contribution >= 4 is 58.6 Å². The van der Waals surface area contributed by atoms with Crippen LogP contribution in [0, 0.1) is 0 Å². The van der Waals surface area contributed by atoms with Gasteiger partial charge < -0.3 is 50.8 Å². The molecule has 0 radical (unpaired) electrons. The van der Waals surface area contributed by atoms with Crippen molar-refractivity contribution in [2.45, 2.75) is 24.9 Å². The van der Waals surface area contributed by atoms with Crippen molar-refractivity contribution in [3.8, 4) is 5.75 Å². The molecule has 1 saturated heterocycles. The number of aliphatic carboxylic acids is 1. The Kier molecular flexibility index (Phi) is 13.7. The number of nitrogens with zero attached hydrogens (tertiary/aromatic N) is 4. The number of nitrogens with one attached hydrogen (secondary N) is 1. The molecule has 2 aromatic rings. The van der Waals surface area contributed by atoms with Crippen molar-refractivity contribution in [1.29, 1.82) is 0 Å². The molecule has 0 aromatic heterocycles. The minimum Gasteiger partial charge on any atom is -0.497 e. The first-order valence-electron chi connectivity index (χ1n) is 14.4. The quantitative estimate of drug-likeness (QED) is 0.0710. The number of ether oxygens (including phenoxy) is 2. The molecule has 0 bridgehead atoms. The number of esters is 1. The molecule has 0 spiro atoms. The molecule has 1 aliphatic heterocycles. The van der Waals surface area contributed by atoms with Gasteiger partial charge >= 0.3 is 23.3 Å². The Morgan fingerprint density at radius 3 is 2.22 bits per heavy atom. The summed E-state index contributed by atoms with van der Waals surface area (Å²) in [5.74, 6) is -3.70. The Balaban J connectivity index is 1.85. The van der Waals surface area contributed by atoms with Crippen molar-refractivity contribution in [1.82, 2.24) is 15.1 Å². The van der Waals surface area contributed by atoms with Gasteiger partial charge in [-0.25, -0.2) is 4.79 Å². The third-order valence-electron chi connectivity index (χ3n) is 7.04. The fourth-order valence-electron chi connectivity index (χ4n) is 4.58. The zero-order valence-corrected chi connectivity index (χ0v) is 27.5. The third kappa shape index (κ3) is 10.8. The number of carboxylic acids is 1. The predicted octanol–water partition coefficient (Wildman–Crippen LogP) is 0.0896. The summed E-state index contributed by atoms with van der Waals surface area (Å²) in [6.07, 6.45) is 0.953. The van der Waals surface area contributed by atoms with E-state index < -0.39 is 66.0 Å². The Morgan fingerprint density at radius 1 is 0.980 bits per heavy atom. The van der Waals surface area contributed by atoms with Crippen LogP contribution < -0.4 is 21.5 Å². The monoisotopic (exact) mass is 701 g/mol. The van der Waals surface area contributed by atoms with Crippen LogP contribution in [-0.2, 0) is 40.0 Å². The lowest BCUT2D eigenvalue weighted by molar-refractivity contribution is -0.159. The number of oxime groups is 2. The van der Waals surface area contributed by atoms with Gasteiger partial charge in [0.05, 0.1) is 20.6 Å². The first kappa shape index (κ1) is 37.6. The number of carbonyl (C=O) groups excluding carboxylic acids is 5. The number of methoxy groups -OCH3 is 2. The van der Waals surface area contributed by atoms with E-state index >= 15 is 0 Å². The maximum absolute atomic E-state index is 14.1. The molecular weight excluding hydrogens is 666 g/mol. The molecule has 262 valence electrons. The Morgan fingerprint density at radius 2 is 1.63 bits per heavy atom. The average Bonchev–Trinajstić information content (AvgIpc) is 3.10. The maximum Gasteiger partial charge on any atom is 0.393 e. The third-order valence-corrected chi connectivity index (χ3v) is 7.45. The van der Waals surface area contributed by atoms with Gasteiger partial charge in [-0.05, 0) is 53.0 Å². The van der Waals surface area contributed by atoms with Crippen LogP contribution in [0.1, 0.15) is 27.9 Å². The minimum absolute atomic E-state index is 0.00665. The number of carboxylic acid groups (broad SMARTS) is 1. The van der Waals surface area contributed by atoms with Crippen molar-refractivity contribution in [3.05, 3.63) is 65.2 Å². The van der Waals surface area contributed by atoms with E-state index in [1.165, 1.54) is 37.6 Å². The lowest BCUT2D eigenvalue weighted by Gasteiger charge is -2.41. The fourth-order valence-corrected chi connectivity index (χ4v) is 4.69. The molecule has 2 atom stereocenters. The summed E-state index contributed by atoms with van der Waals surface area (Å²) in [5, 5.41) is 18.1. The van der Waals surface area contributed by atoms with Gasteiger partial charge in [-0.3, -0.25) is 24.0 Å². The van der Waals surface area contributed by atoms with E-state index in [2.05, 4.69) is 20.5 Å². The van der Waals surface area contributed by atoms with Crippen LogP contribution in [0.25, 0.3) is 0 Å². The Bertz CT molecular complexity index is 1600. The lowest BCUT2D eigenvalue weighted by Crippen LogP contribution is -2.63.